The first-order valence-corrected chi connectivity index (χ1v) is 11.9. The van der Waals surface area contributed by atoms with E-state index in [-0.39, 0.29) is 11.7 Å². The van der Waals surface area contributed by atoms with Crippen LogP contribution in [-0.4, -0.2) is 68.3 Å². The zero-order valence-corrected chi connectivity index (χ0v) is 19.6. The first-order chi connectivity index (χ1) is 15.5. The summed E-state index contributed by atoms with van der Waals surface area (Å²) in [6.45, 7) is 12.5. The van der Waals surface area contributed by atoms with E-state index in [2.05, 4.69) is 11.8 Å². The van der Waals surface area contributed by atoms with E-state index in [1.165, 1.54) is 0 Å². The van der Waals surface area contributed by atoms with Gasteiger partial charge in [0.05, 0.1) is 13.2 Å². The highest BCUT2D eigenvalue weighted by atomic mass is 16.5. The second-order valence-corrected chi connectivity index (χ2v) is 9.07. The Morgan fingerprint density at radius 2 is 1.88 bits per heavy atom. The molecular formula is C25H35N3O4. The number of benzene rings is 1. The third-order valence-corrected chi connectivity index (χ3v) is 6.97. The maximum Gasteiger partial charge on any atom is 0.339 e. The fourth-order valence-corrected chi connectivity index (χ4v) is 4.73. The molecule has 0 radical (unpaired) electrons. The molecule has 2 saturated heterocycles. The van der Waals surface area contributed by atoms with Crippen LogP contribution >= 0.6 is 0 Å². The Morgan fingerprint density at radius 1 is 1.16 bits per heavy atom. The highest BCUT2D eigenvalue weighted by Gasteiger charge is 2.25. The largest absolute Gasteiger partial charge is 0.422 e. The van der Waals surface area contributed by atoms with E-state index in [0.717, 1.165) is 81.0 Å². The van der Waals surface area contributed by atoms with Crippen LogP contribution in [0.5, 0.6) is 0 Å². The third-order valence-electron chi connectivity index (χ3n) is 6.97. The van der Waals surface area contributed by atoms with Crippen molar-refractivity contribution < 1.29 is 13.9 Å². The van der Waals surface area contributed by atoms with Gasteiger partial charge in [-0.15, -0.1) is 0 Å². The van der Waals surface area contributed by atoms with Crippen LogP contribution in [0.3, 0.4) is 0 Å². The molecule has 7 nitrogen and oxygen atoms in total. The van der Waals surface area contributed by atoms with Gasteiger partial charge in [0, 0.05) is 62.0 Å². The highest BCUT2D eigenvalue weighted by Crippen LogP contribution is 2.27. The Kier molecular flexibility index (Phi) is 7.16. The van der Waals surface area contributed by atoms with Crippen LogP contribution in [0.25, 0.3) is 11.0 Å². The van der Waals surface area contributed by atoms with Crippen LogP contribution in [0.2, 0.25) is 0 Å². The Morgan fingerprint density at radius 3 is 2.56 bits per heavy atom. The van der Waals surface area contributed by atoms with Crippen LogP contribution in [0.4, 0.5) is 10.5 Å². The predicted octanol–water partition coefficient (Wildman–Crippen LogP) is 3.65. The van der Waals surface area contributed by atoms with E-state index in [4.69, 9.17) is 9.15 Å². The first-order valence-electron chi connectivity index (χ1n) is 11.9. The number of amides is 2. The molecule has 2 fully saturated rings. The zero-order chi connectivity index (χ0) is 22.7. The number of urea groups is 1. The molecule has 3 heterocycles. The molecule has 2 aromatic rings. The molecule has 0 N–H and O–H groups in total. The third kappa shape index (κ3) is 4.84. The summed E-state index contributed by atoms with van der Waals surface area (Å²) in [6, 6.07) is 5.81. The van der Waals surface area contributed by atoms with E-state index >= 15 is 0 Å². The minimum atomic E-state index is -0.278. The molecule has 0 saturated carbocycles. The van der Waals surface area contributed by atoms with Crippen molar-refractivity contribution in [3.8, 4) is 0 Å². The van der Waals surface area contributed by atoms with Gasteiger partial charge < -0.3 is 14.1 Å². The Hall–Kier alpha value is -2.38. The average Bonchev–Trinajstić information content (AvgIpc) is 2.80. The van der Waals surface area contributed by atoms with Gasteiger partial charge in [-0.05, 0) is 56.7 Å². The number of aryl methyl sites for hydroxylation is 1. The van der Waals surface area contributed by atoms with Gasteiger partial charge in [0.1, 0.15) is 5.58 Å². The molecule has 1 aromatic heterocycles. The number of piperidine rings is 1. The fraction of sp³-hybridized carbons (Fsp3) is 0.600. The second-order valence-electron chi connectivity index (χ2n) is 9.07. The monoisotopic (exact) mass is 441 g/mol. The number of carbonyl (C=O) groups is 1. The maximum absolute atomic E-state index is 13.1. The number of morpholine rings is 1. The standard InChI is InChI=1S/C25H35N3O4/c1-4-28(25(30)27-11-7-18(2)8-12-27)20-5-6-21-19(3)22(24(29)32-23(21)17-20)9-10-26-13-15-31-16-14-26/h5-6,17-18H,4,7-16H2,1-3H3. The molecule has 2 aliphatic heterocycles. The van der Waals surface area contributed by atoms with Crippen molar-refractivity contribution >= 4 is 22.7 Å². The highest BCUT2D eigenvalue weighted by molar-refractivity contribution is 5.95. The molecule has 1 aromatic carbocycles. The second kappa shape index (κ2) is 10.0. The van der Waals surface area contributed by atoms with Gasteiger partial charge in [-0.2, -0.15) is 0 Å². The molecule has 174 valence electrons. The summed E-state index contributed by atoms with van der Waals surface area (Å²) in [5.41, 5.74) is 2.74. The molecule has 0 atom stereocenters. The molecule has 32 heavy (non-hydrogen) atoms. The van der Waals surface area contributed by atoms with E-state index in [0.29, 0.717) is 24.5 Å². The van der Waals surface area contributed by atoms with E-state index in [9.17, 15) is 9.59 Å². The lowest BCUT2D eigenvalue weighted by Gasteiger charge is -2.34. The van der Waals surface area contributed by atoms with Gasteiger partial charge in [-0.25, -0.2) is 9.59 Å². The smallest absolute Gasteiger partial charge is 0.339 e. The average molecular weight is 442 g/mol. The van der Waals surface area contributed by atoms with Crippen molar-refractivity contribution in [1.29, 1.82) is 0 Å². The summed E-state index contributed by atoms with van der Waals surface area (Å²) in [5, 5.41) is 0.931. The Bertz CT molecular complexity index is 1000. The lowest BCUT2D eigenvalue weighted by molar-refractivity contribution is 0.0383. The maximum atomic E-state index is 13.1. The van der Waals surface area contributed by atoms with E-state index in [1.54, 1.807) is 4.90 Å². The van der Waals surface area contributed by atoms with Crippen molar-refractivity contribution in [2.75, 3.05) is 57.4 Å². The summed E-state index contributed by atoms with van der Waals surface area (Å²) in [7, 11) is 0. The van der Waals surface area contributed by atoms with Crippen molar-refractivity contribution in [3.05, 3.63) is 39.7 Å². The number of hydrogen-bond donors (Lipinski definition) is 0. The molecule has 2 amide bonds. The number of rotatable bonds is 5. The molecule has 7 heteroatoms. The predicted molar refractivity (Wildman–Crippen MR) is 127 cm³/mol. The minimum Gasteiger partial charge on any atom is -0.422 e. The Balaban J connectivity index is 1.55. The Labute approximate surface area is 189 Å². The van der Waals surface area contributed by atoms with E-state index in [1.807, 2.05) is 36.9 Å². The molecule has 0 spiro atoms. The lowest BCUT2D eigenvalue weighted by Crippen LogP contribution is -2.46. The molecule has 0 bridgehead atoms. The fourth-order valence-electron chi connectivity index (χ4n) is 4.73. The molecular weight excluding hydrogens is 406 g/mol. The quantitative estimate of drug-likeness (QED) is 0.663. The summed E-state index contributed by atoms with van der Waals surface area (Å²) < 4.78 is 11.1. The molecule has 4 rings (SSSR count). The summed E-state index contributed by atoms with van der Waals surface area (Å²) >= 11 is 0. The number of ether oxygens (including phenoxy) is 1. The van der Waals surface area contributed by atoms with Crippen molar-refractivity contribution in [2.24, 2.45) is 5.92 Å². The summed E-state index contributed by atoms with van der Waals surface area (Å²) in [5.74, 6) is 0.671. The van der Waals surface area contributed by atoms with E-state index < -0.39 is 0 Å². The first kappa shape index (κ1) is 22.8. The topological polar surface area (TPSA) is 66.2 Å². The van der Waals surface area contributed by atoms with Gasteiger partial charge in [0.2, 0.25) is 0 Å². The number of fused-ring (bicyclic) bond motifs is 1. The van der Waals surface area contributed by atoms with Gasteiger partial charge in [0.25, 0.3) is 0 Å². The normalized spacial score (nSPS) is 18.3. The summed E-state index contributed by atoms with van der Waals surface area (Å²) in [6.07, 6.45) is 2.75. The van der Waals surface area contributed by atoms with Gasteiger partial charge in [-0.1, -0.05) is 6.92 Å². The summed E-state index contributed by atoms with van der Waals surface area (Å²) in [4.78, 5) is 32.0. The lowest BCUT2D eigenvalue weighted by atomic mass is 9.99. The van der Waals surface area contributed by atoms with Crippen molar-refractivity contribution in [2.45, 2.75) is 40.0 Å². The SMILES string of the molecule is CCN(C(=O)N1CCC(C)CC1)c1ccc2c(C)c(CCN3CCOCC3)c(=O)oc2c1. The van der Waals surface area contributed by atoms with Crippen LogP contribution in [-0.2, 0) is 11.2 Å². The molecule has 0 aliphatic carbocycles. The number of nitrogens with zero attached hydrogens (tertiary/aromatic N) is 3. The van der Waals surface area contributed by atoms with Crippen molar-refractivity contribution in [3.63, 3.8) is 0 Å². The van der Waals surface area contributed by atoms with Crippen LogP contribution in [0.1, 0.15) is 37.8 Å². The molecule has 2 aliphatic rings. The van der Waals surface area contributed by atoms with Gasteiger partial charge >= 0.3 is 11.7 Å². The van der Waals surface area contributed by atoms with Crippen LogP contribution < -0.4 is 10.5 Å². The number of anilines is 1. The van der Waals surface area contributed by atoms with Crippen molar-refractivity contribution in [1.82, 2.24) is 9.80 Å². The minimum absolute atomic E-state index is 0.0277. The van der Waals surface area contributed by atoms with Crippen LogP contribution in [0, 0.1) is 12.8 Å². The van der Waals surface area contributed by atoms with Crippen LogP contribution in [0.15, 0.2) is 27.4 Å². The van der Waals surface area contributed by atoms with Gasteiger partial charge in [-0.3, -0.25) is 9.80 Å². The number of carbonyl (C=O) groups excluding carboxylic acids is 1. The zero-order valence-electron chi connectivity index (χ0n) is 19.6. The number of hydrogen-bond acceptors (Lipinski definition) is 5. The number of likely N-dealkylation sites (tertiary alicyclic amines) is 1. The molecule has 0 unspecified atom stereocenters. The van der Waals surface area contributed by atoms with Gasteiger partial charge in [0.15, 0.2) is 0 Å².